The second kappa shape index (κ2) is 6.33. The second-order valence-electron chi connectivity index (χ2n) is 5.86. The Kier molecular flexibility index (Phi) is 4.41. The smallest absolute Gasteiger partial charge is 0.251 e. The van der Waals surface area contributed by atoms with Gasteiger partial charge in [-0.25, -0.2) is 13.7 Å². The van der Waals surface area contributed by atoms with Gasteiger partial charge in [-0.3, -0.25) is 14.5 Å². The lowest BCUT2D eigenvalue weighted by Gasteiger charge is -2.36. The van der Waals surface area contributed by atoms with Gasteiger partial charge in [0.25, 0.3) is 5.91 Å². The first kappa shape index (κ1) is 16.0. The van der Waals surface area contributed by atoms with Crippen LogP contribution in [0.3, 0.4) is 0 Å². The lowest BCUT2D eigenvalue weighted by Crippen LogP contribution is -2.52. The van der Waals surface area contributed by atoms with E-state index in [0.29, 0.717) is 0 Å². The lowest BCUT2D eigenvalue weighted by molar-refractivity contribution is -0.123. The van der Waals surface area contributed by atoms with Crippen LogP contribution in [0.2, 0.25) is 0 Å². The Morgan fingerprint density at radius 3 is 2.39 bits per heavy atom. The van der Waals surface area contributed by atoms with E-state index in [0.717, 1.165) is 49.8 Å². The van der Waals surface area contributed by atoms with E-state index in [-0.39, 0.29) is 23.9 Å². The largest absolute Gasteiger partial charge is 0.301 e. The number of anilines is 1. The number of benzene rings is 1. The van der Waals surface area contributed by atoms with Gasteiger partial charge in [-0.15, -0.1) is 0 Å². The average Bonchev–Trinajstić information content (AvgIpc) is 2.85. The van der Waals surface area contributed by atoms with Gasteiger partial charge in [-0.1, -0.05) is 6.92 Å². The molecule has 0 N–H and O–H groups in total. The zero-order chi connectivity index (χ0) is 16.6. The van der Waals surface area contributed by atoms with Crippen LogP contribution < -0.4 is 4.90 Å². The number of imide groups is 1. The van der Waals surface area contributed by atoms with Crippen molar-refractivity contribution in [1.82, 2.24) is 9.80 Å². The van der Waals surface area contributed by atoms with Crippen LogP contribution in [0.15, 0.2) is 18.2 Å². The van der Waals surface area contributed by atoms with Crippen molar-refractivity contribution in [2.75, 3.05) is 37.6 Å². The number of halogens is 2. The molecule has 2 amide bonds. The first-order valence-electron chi connectivity index (χ1n) is 7.79. The summed E-state index contributed by atoms with van der Waals surface area (Å²) in [4.78, 5) is 30.1. The summed E-state index contributed by atoms with van der Waals surface area (Å²) in [5.74, 6) is -2.79. The van der Waals surface area contributed by atoms with Crippen molar-refractivity contribution in [2.45, 2.75) is 19.4 Å². The zero-order valence-corrected chi connectivity index (χ0v) is 13.0. The van der Waals surface area contributed by atoms with Gasteiger partial charge in [0.2, 0.25) is 5.91 Å². The van der Waals surface area contributed by atoms with E-state index in [9.17, 15) is 18.4 Å². The molecule has 1 atom stereocenters. The summed E-state index contributed by atoms with van der Waals surface area (Å²) in [6.45, 7) is 6.22. The normalized spacial score (nSPS) is 23.8. The molecule has 3 rings (SSSR count). The molecule has 0 bridgehead atoms. The Labute approximate surface area is 133 Å². The standard InChI is InChI=1S/C16H19F2N3O2/c1-2-19-5-7-20(8-6-19)14-10-15(22)21(16(14)23)11-3-4-12(17)13(18)9-11/h3-4,9,14H,2,5-8,10H2,1H3/t14-/m1/s1. The minimum absolute atomic E-state index is 0.0873. The molecule has 2 aliphatic rings. The first-order valence-corrected chi connectivity index (χ1v) is 7.79. The quantitative estimate of drug-likeness (QED) is 0.785. The molecule has 2 saturated heterocycles. The summed E-state index contributed by atoms with van der Waals surface area (Å²) in [7, 11) is 0. The van der Waals surface area contributed by atoms with Crippen molar-refractivity contribution in [1.29, 1.82) is 0 Å². The fourth-order valence-corrected chi connectivity index (χ4v) is 3.19. The molecule has 0 radical (unpaired) electrons. The third kappa shape index (κ3) is 2.98. The molecule has 0 unspecified atom stereocenters. The number of hydrogen-bond donors (Lipinski definition) is 0. The zero-order valence-electron chi connectivity index (χ0n) is 13.0. The topological polar surface area (TPSA) is 43.9 Å². The van der Waals surface area contributed by atoms with Crippen LogP contribution in [-0.2, 0) is 9.59 Å². The van der Waals surface area contributed by atoms with Crippen LogP contribution in [0.1, 0.15) is 13.3 Å². The van der Waals surface area contributed by atoms with E-state index in [4.69, 9.17) is 0 Å². The van der Waals surface area contributed by atoms with E-state index in [1.807, 2.05) is 4.90 Å². The molecular formula is C16H19F2N3O2. The highest BCUT2D eigenvalue weighted by Gasteiger charge is 2.43. The van der Waals surface area contributed by atoms with Crippen molar-refractivity contribution in [3.63, 3.8) is 0 Å². The monoisotopic (exact) mass is 323 g/mol. The van der Waals surface area contributed by atoms with Gasteiger partial charge < -0.3 is 4.90 Å². The van der Waals surface area contributed by atoms with Gasteiger partial charge in [0, 0.05) is 32.2 Å². The Morgan fingerprint density at radius 1 is 1.09 bits per heavy atom. The highest BCUT2D eigenvalue weighted by atomic mass is 19.2. The Hall–Kier alpha value is -1.86. The van der Waals surface area contributed by atoms with Crippen molar-refractivity contribution in [3.05, 3.63) is 29.8 Å². The molecule has 2 heterocycles. The lowest BCUT2D eigenvalue weighted by atomic mass is 10.1. The summed E-state index contributed by atoms with van der Waals surface area (Å²) in [6.07, 6.45) is 0.0873. The SMILES string of the molecule is CCN1CCN([C@@H]2CC(=O)N(c3ccc(F)c(F)c3)C2=O)CC1. The molecule has 2 aliphatic heterocycles. The second-order valence-corrected chi connectivity index (χ2v) is 5.86. The third-order valence-corrected chi connectivity index (χ3v) is 4.58. The molecule has 2 fully saturated rings. The number of carbonyl (C=O) groups is 2. The van der Waals surface area contributed by atoms with Gasteiger partial charge in [-0.05, 0) is 18.7 Å². The van der Waals surface area contributed by atoms with E-state index >= 15 is 0 Å². The molecule has 1 aromatic rings. The number of likely N-dealkylation sites (N-methyl/N-ethyl adjacent to an activating group) is 1. The van der Waals surface area contributed by atoms with Gasteiger partial charge >= 0.3 is 0 Å². The molecule has 5 nitrogen and oxygen atoms in total. The van der Waals surface area contributed by atoms with Crippen LogP contribution in [0, 0.1) is 11.6 Å². The first-order chi connectivity index (χ1) is 11.0. The molecule has 124 valence electrons. The maximum Gasteiger partial charge on any atom is 0.251 e. The highest BCUT2D eigenvalue weighted by molar-refractivity contribution is 6.22. The van der Waals surface area contributed by atoms with E-state index in [1.54, 1.807) is 0 Å². The molecule has 1 aromatic carbocycles. The minimum atomic E-state index is -1.07. The summed E-state index contributed by atoms with van der Waals surface area (Å²) < 4.78 is 26.4. The Balaban J connectivity index is 1.76. The summed E-state index contributed by atoms with van der Waals surface area (Å²) in [5.41, 5.74) is 0.0913. The third-order valence-electron chi connectivity index (χ3n) is 4.58. The highest BCUT2D eigenvalue weighted by Crippen LogP contribution is 2.27. The molecule has 7 heteroatoms. The van der Waals surface area contributed by atoms with Crippen molar-refractivity contribution >= 4 is 17.5 Å². The van der Waals surface area contributed by atoms with E-state index in [2.05, 4.69) is 11.8 Å². The van der Waals surface area contributed by atoms with Crippen LogP contribution >= 0.6 is 0 Å². The van der Waals surface area contributed by atoms with Crippen molar-refractivity contribution in [2.24, 2.45) is 0 Å². The summed E-state index contributed by atoms with van der Waals surface area (Å²) in [5, 5.41) is 0. The van der Waals surface area contributed by atoms with E-state index < -0.39 is 17.7 Å². The number of nitrogens with zero attached hydrogens (tertiary/aromatic N) is 3. The predicted octanol–water partition coefficient (Wildman–Crippen LogP) is 1.23. The number of carbonyl (C=O) groups excluding carboxylic acids is 2. The van der Waals surface area contributed by atoms with Gasteiger partial charge in [-0.2, -0.15) is 0 Å². The van der Waals surface area contributed by atoms with Gasteiger partial charge in [0.05, 0.1) is 18.2 Å². The Morgan fingerprint density at radius 2 is 1.78 bits per heavy atom. The molecular weight excluding hydrogens is 304 g/mol. The van der Waals surface area contributed by atoms with Crippen LogP contribution in [-0.4, -0.2) is 60.4 Å². The number of rotatable bonds is 3. The van der Waals surface area contributed by atoms with E-state index in [1.165, 1.54) is 6.07 Å². The van der Waals surface area contributed by atoms with Gasteiger partial charge in [0.1, 0.15) is 0 Å². The van der Waals surface area contributed by atoms with Gasteiger partial charge in [0.15, 0.2) is 11.6 Å². The average molecular weight is 323 g/mol. The molecule has 0 aromatic heterocycles. The van der Waals surface area contributed by atoms with Crippen LogP contribution in [0.4, 0.5) is 14.5 Å². The summed E-state index contributed by atoms with van der Waals surface area (Å²) >= 11 is 0. The fourth-order valence-electron chi connectivity index (χ4n) is 3.19. The van der Waals surface area contributed by atoms with Crippen LogP contribution in [0.5, 0.6) is 0 Å². The predicted molar refractivity (Wildman–Crippen MR) is 80.9 cm³/mol. The fraction of sp³-hybridized carbons (Fsp3) is 0.500. The van der Waals surface area contributed by atoms with Crippen LogP contribution in [0.25, 0.3) is 0 Å². The number of amides is 2. The van der Waals surface area contributed by atoms with Crippen molar-refractivity contribution < 1.29 is 18.4 Å². The summed E-state index contributed by atoms with van der Waals surface area (Å²) in [6, 6.07) is 2.57. The number of hydrogen-bond acceptors (Lipinski definition) is 4. The molecule has 0 saturated carbocycles. The van der Waals surface area contributed by atoms with Crippen molar-refractivity contribution in [3.8, 4) is 0 Å². The maximum atomic E-state index is 13.4. The number of piperazine rings is 1. The molecule has 23 heavy (non-hydrogen) atoms. The minimum Gasteiger partial charge on any atom is -0.301 e. The molecule has 0 spiro atoms. The maximum absolute atomic E-state index is 13.4. The molecule has 0 aliphatic carbocycles. The Bertz CT molecular complexity index is 630.